The smallest absolute Gasteiger partial charge is 0.234 e. The van der Waals surface area contributed by atoms with Crippen LogP contribution in [-0.2, 0) is 10.2 Å². The van der Waals surface area contributed by atoms with Crippen LogP contribution in [0.3, 0.4) is 0 Å². The van der Waals surface area contributed by atoms with Crippen molar-refractivity contribution in [3.63, 3.8) is 0 Å². The first-order valence-corrected chi connectivity index (χ1v) is 7.41. The van der Waals surface area contributed by atoms with Crippen molar-refractivity contribution in [2.45, 2.75) is 51.6 Å². The van der Waals surface area contributed by atoms with E-state index >= 15 is 0 Å². The van der Waals surface area contributed by atoms with Gasteiger partial charge < -0.3 is 10.1 Å². The summed E-state index contributed by atoms with van der Waals surface area (Å²) in [5.41, 5.74) is 11.3. The number of carbonyl (C=O) groups is 1. The quantitative estimate of drug-likeness (QED) is 0.511. The van der Waals surface area contributed by atoms with Crippen molar-refractivity contribution in [3.8, 4) is 5.75 Å². The number of ether oxygens (including phenoxy) is 1. The third kappa shape index (κ3) is 1.74. The fraction of sp³-hybridized carbons (Fsp3) is 0.562. The van der Waals surface area contributed by atoms with E-state index in [2.05, 4.69) is 28.3 Å². The number of nitrogens with zero attached hydrogens (tertiary/aromatic N) is 3. The molecule has 6 nitrogen and oxygen atoms in total. The number of fused-ring (bicyclic) bond motifs is 3. The van der Waals surface area contributed by atoms with Gasteiger partial charge in [0.05, 0.1) is 17.6 Å². The van der Waals surface area contributed by atoms with Crippen molar-refractivity contribution in [2.75, 3.05) is 11.9 Å². The van der Waals surface area contributed by atoms with E-state index < -0.39 is 11.0 Å². The molecule has 2 aliphatic rings. The molecule has 0 saturated heterocycles. The topological polar surface area (TPSA) is 87.1 Å². The number of hydrogen-bond acceptors (Lipinski definition) is 3. The van der Waals surface area contributed by atoms with Gasteiger partial charge in [0.1, 0.15) is 11.4 Å². The fourth-order valence-corrected chi connectivity index (χ4v) is 3.39. The number of azide groups is 1. The number of nitrogens with one attached hydrogen (secondary N) is 1. The molecule has 0 saturated carbocycles. The lowest BCUT2D eigenvalue weighted by molar-refractivity contribution is -0.119. The molecule has 1 aromatic rings. The van der Waals surface area contributed by atoms with Crippen LogP contribution in [0.15, 0.2) is 11.2 Å². The lowest BCUT2D eigenvalue weighted by Crippen LogP contribution is -2.36. The van der Waals surface area contributed by atoms with Crippen LogP contribution in [0.2, 0.25) is 0 Å². The number of anilines is 1. The highest BCUT2D eigenvalue weighted by Gasteiger charge is 2.49. The molecule has 0 aliphatic carbocycles. The minimum absolute atomic E-state index is 0.0149. The zero-order valence-electron chi connectivity index (χ0n) is 13.5. The molecular formula is C16H20N4O2. The number of carbonyl (C=O) groups excluding carboxylic acids is 1. The Morgan fingerprint density at radius 2 is 2.14 bits per heavy atom. The summed E-state index contributed by atoms with van der Waals surface area (Å²) < 4.78 is 6.23. The number of benzene rings is 1. The average Bonchev–Trinajstić information content (AvgIpc) is 2.83. The van der Waals surface area contributed by atoms with Crippen LogP contribution in [0.25, 0.3) is 10.4 Å². The van der Waals surface area contributed by atoms with Crippen LogP contribution in [0.5, 0.6) is 5.75 Å². The number of hydrogen-bond donors (Lipinski definition) is 1. The zero-order valence-corrected chi connectivity index (χ0v) is 13.5. The van der Waals surface area contributed by atoms with Crippen LogP contribution in [0.4, 0.5) is 5.69 Å². The molecule has 2 atom stereocenters. The minimum Gasteiger partial charge on any atom is -0.486 e. The Kier molecular flexibility index (Phi) is 2.94. The predicted molar refractivity (Wildman–Crippen MR) is 84.3 cm³/mol. The first-order chi connectivity index (χ1) is 10.2. The van der Waals surface area contributed by atoms with E-state index in [4.69, 9.17) is 10.3 Å². The van der Waals surface area contributed by atoms with Gasteiger partial charge in [0, 0.05) is 22.0 Å². The summed E-state index contributed by atoms with van der Waals surface area (Å²) in [4.78, 5) is 15.1. The van der Waals surface area contributed by atoms with E-state index in [-0.39, 0.29) is 18.4 Å². The van der Waals surface area contributed by atoms with Gasteiger partial charge in [-0.05, 0) is 44.9 Å². The van der Waals surface area contributed by atoms with Crippen molar-refractivity contribution in [1.82, 2.24) is 0 Å². The van der Waals surface area contributed by atoms with E-state index in [1.165, 1.54) is 0 Å². The Morgan fingerprint density at radius 1 is 1.45 bits per heavy atom. The monoisotopic (exact) mass is 300 g/mol. The Bertz CT molecular complexity index is 734. The highest BCUT2D eigenvalue weighted by atomic mass is 16.5. The van der Waals surface area contributed by atoms with E-state index in [0.717, 1.165) is 28.1 Å². The summed E-state index contributed by atoms with van der Waals surface area (Å²) in [5, 5.41) is 6.67. The van der Waals surface area contributed by atoms with Crippen molar-refractivity contribution in [1.29, 1.82) is 0 Å². The van der Waals surface area contributed by atoms with E-state index in [1.54, 1.807) is 0 Å². The SMILES string of the molecule is Cc1cc2c(c3c1NC(=O)C3(C)C)O[C@@](C)(CN=[N+]=[N-])[C@H]2C. The molecular weight excluding hydrogens is 280 g/mol. The second kappa shape index (κ2) is 4.40. The maximum Gasteiger partial charge on any atom is 0.234 e. The van der Waals surface area contributed by atoms with E-state index in [0.29, 0.717) is 0 Å². The van der Waals surface area contributed by atoms with Gasteiger partial charge in [0.2, 0.25) is 5.91 Å². The van der Waals surface area contributed by atoms with Gasteiger partial charge in [0.25, 0.3) is 0 Å². The maximum atomic E-state index is 12.3. The zero-order chi connectivity index (χ0) is 16.3. The fourth-order valence-electron chi connectivity index (χ4n) is 3.39. The first kappa shape index (κ1) is 14.7. The molecule has 1 amide bonds. The summed E-state index contributed by atoms with van der Waals surface area (Å²) in [7, 11) is 0. The molecule has 0 aromatic heterocycles. The van der Waals surface area contributed by atoms with E-state index in [1.807, 2.05) is 27.7 Å². The molecule has 1 aromatic carbocycles. The van der Waals surface area contributed by atoms with Gasteiger partial charge in [-0.3, -0.25) is 4.79 Å². The molecule has 3 rings (SSSR count). The van der Waals surface area contributed by atoms with Crippen molar-refractivity contribution < 1.29 is 9.53 Å². The van der Waals surface area contributed by atoms with Crippen LogP contribution < -0.4 is 10.1 Å². The summed E-state index contributed by atoms with van der Waals surface area (Å²) >= 11 is 0. The summed E-state index contributed by atoms with van der Waals surface area (Å²) in [6.07, 6.45) is 0. The highest BCUT2D eigenvalue weighted by Crippen LogP contribution is 2.54. The molecule has 0 bridgehead atoms. The Balaban J connectivity index is 2.20. The molecule has 1 N–H and O–H groups in total. The normalized spacial score (nSPS) is 27.5. The summed E-state index contributed by atoms with van der Waals surface area (Å²) in [5.74, 6) is 0.842. The van der Waals surface area contributed by atoms with Gasteiger partial charge in [-0.1, -0.05) is 12.0 Å². The maximum absolute atomic E-state index is 12.3. The van der Waals surface area contributed by atoms with Crippen LogP contribution in [0, 0.1) is 6.92 Å². The van der Waals surface area contributed by atoms with Crippen molar-refractivity contribution >= 4 is 11.6 Å². The van der Waals surface area contributed by atoms with Crippen LogP contribution in [-0.4, -0.2) is 18.1 Å². The Hall–Kier alpha value is -2.20. The largest absolute Gasteiger partial charge is 0.486 e. The second-order valence-corrected chi connectivity index (χ2v) is 6.97. The third-order valence-corrected chi connectivity index (χ3v) is 5.10. The molecule has 2 heterocycles. The number of rotatable bonds is 2. The molecule has 116 valence electrons. The molecule has 0 spiro atoms. The Morgan fingerprint density at radius 3 is 2.77 bits per heavy atom. The van der Waals surface area contributed by atoms with Crippen molar-refractivity contribution in [3.05, 3.63) is 33.2 Å². The van der Waals surface area contributed by atoms with Gasteiger partial charge in [-0.2, -0.15) is 0 Å². The molecule has 0 unspecified atom stereocenters. The predicted octanol–water partition coefficient (Wildman–Crippen LogP) is 3.79. The molecule has 22 heavy (non-hydrogen) atoms. The number of aryl methyl sites for hydroxylation is 1. The highest BCUT2D eigenvalue weighted by molar-refractivity contribution is 6.07. The summed E-state index contributed by atoms with van der Waals surface area (Å²) in [6, 6.07) is 2.07. The van der Waals surface area contributed by atoms with Gasteiger partial charge in [-0.25, -0.2) is 0 Å². The van der Waals surface area contributed by atoms with Crippen molar-refractivity contribution in [2.24, 2.45) is 5.11 Å². The standard InChI is InChI=1S/C16H20N4O2/c1-8-6-10-9(2)16(5,7-18-20-17)22-13(10)11-12(8)19-14(21)15(11,3)4/h6,9H,7H2,1-5H3,(H,19,21)/t9-,16-/m0/s1. The van der Waals surface area contributed by atoms with Crippen LogP contribution in [0.1, 0.15) is 50.3 Å². The first-order valence-electron chi connectivity index (χ1n) is 7.41. The molecule has 0 radical (unpaired) electrons. The number of amides is 1. The van der Waals surface area contributed by atoms with Gasteiger partial charge in [0.15, 0.2) is 0 Å². The lowest BCUT2D eigenvalue weighted by atomic mass is 9.81. The average molecular weight is 300 g/mol. The molecule has 0 fully saturated rings. The molecule has 6 heteroatoms. The van der Waals surface area contributed by atoms with E-state index in [9.17, 15) is 4.79 Å². The third-order valence-electron chi connectivity index (χ3n) is 5.10. The van der Waals surface area contributed by atoms with Gasteiger partial charge in [-0.15, -0.1) is 0 Å². The second-order valence-electron chi connectivity index (χ2n) is 6.97. The lowest BCUT2D eigenvalue weighted by Gasteiger charge is -2.27. The minimum atomic E-state index is -0.630. The summed E-state index contributed by atoms with van der Waals surface area (Å²) in [6.45, 7) is 10.1. The Labute approximate surface area is 129 Å². The van der Waals surface area contributed by atoms with Crippen LogP contribution >= 0.6 is 0 Å². The molecule has 2 aliphatic heterocycles. The van der Waals surface area contributed by atoms with Gasteiger partial charge >= 0.3 is 0 Å².